The van der Waals surface area contributed by atoms with Crippen molar-refractivity contribution < 1.29 is 14.6 Å². The lowest BCUT2D eigenvalue weighted by Gasteiger charge is -2.24. The van der Waals surface area contributed by atoms with Crippen molar-refractivity contribution >= 4 is 11.8 Å². The van der Waals surface area contributed by atoms with Crippen molar-refractivity contribution in [3.05, 3.63) is 35.4 Å². The van der Waals surface area contributed by atoms with Gasteiger partial charge >= 0.3 is 0 Å². The van der Waals surface area contributed by atoms with Gasteiger partial charge in [-0.15, -0.1) is 0 Å². The molecule has 0 saturated heterocycles. The monoisotopic (exact) mass is 306 g/mol. The molecule has 4 heteroatoms. The quantitative estimate of drug-likeness (QED) is 0.866. The number of benzene rings is 1. The van der Waals surface area contributed by atoms with E-state index in [1.807, 2.05) is 30.8 Å². The zero-order valence-electron chi connectivity index (χ0n) is 12.6. The average Bonchev–Trinajstić information content (AvgIpc) is 2.79. The van der Waals surface area contributed by atoms with Crippen molar-refractivity contribution in [2.45, 2.75) is 37.0 Å². The summed E-state index contributed by atoms with van der Waals surface area (Å²) in [6, 6.07) is 4.16. The van der Waals surface area contributed by atoms with Crippen LogP contribution in [-0.4, -0.2) is 30.7 Å². The van der Waals surface area contributed by atoms with Crippen molar-refractivity contribution in [1.29, 1.82) is 0 Å². The normalized spacial score (nSPS) is 25.3. The summed E-state index contributed by atoms with van der Waals surface area (Å²) in [4.78, 5) is 0. The van der Waals surface area contributed by atoms with Crippen LogP contribution in [0.15, 0.2) is 24.3 Å². The Bertz CT molecular complexity index is 555. The number of hydrogen-bond donors (Lipinski definition) is 1. The predicted molar refractivity (Wildman–Crippen MR) is 86.4 cm³/mol. The maximum absolute atomic E-state index is 9.88. The Hall–Kier alpha value is -1.13. The summed E-state index contributed by atoms with van der Waals surface area (Å²) in [5.74, 6) is 3.83. The molecule has 21 heavy (non-hydrogen) atoms. The molecule has 1 N–H and O–H groups in total. The molecule has 2 aliphatic rings. The lowest BCUT2D eigenvalue weighted by molar-refractivity contribution is 0.216. The largest absolute Gasteiger partial charge is 0.493 e. The number of hydrogen-bond acceptors (Lipinski definition) is 4. The Morgan fingerprint density at radius 3 is 3.14 bits per heavy atom. The summed E-state index contributed by atoms with van der Waals surface area (Å²) in [6.45, 7) is 2.63. The molecule has 0 saturated carbocycles. The van der Waals surface area contributed by atoms with Crippen LogP contribution in [0.4, 0.5) is 0 Å². The molecular weight excluding hydrogens is 284 g/mol. The van der Waals surface area contributed by atoms with E-state index in [2.05, 4.69) is 12.1 Å². The Morgan fingerprint density at radius 2 is 2.38 bits per heavy atom. The smallest absolute Gasteiger partial charge is 0.165 e. The molecule has 114 valence electrons. The zero-order valence-corrected chi connectivity index (χ0v) is 13.4. The molecule has 1 aromatic rings. The molecule has 0 fully saturated rings. The van der Waals surface area contributed by atoms with Crippen LogP contribution in [0.5, 0.6) is 11.5 Å². The van der Waals surface area contributed by atoms with E-state index in [4.69, 9.17) is 9.47 Å². The van der Waals surface area contributed by atoms with Crippen LogP contribution in [-0.2, 0) is 11.2 Å². The van der Waals surface area contributed by atoms with Crippen LogP contribution in [0.25, 0.3) is 0 Å². The minimum absolute atomic E-state index is 0.112. The maximum Gasteiger partial charge on any atom is 0.165 e. The number of thioether (sulfide) groups is 1. The van der Waals surface area contributed by atoms with Gasteiger partial charge in [-0.05, 0) is 30.2 Å². The molecule has 2 aliphatic heterocycles. The first-order valence-electron chi connectivity index (χ1n) is 7.48. The van der Waals surface area contributed by atoms with Gasteiger partial charge in [-0.2, -0.15) is 11.8 Å². The molecule has 2 heterocycles. The first-order chi connectivity index (χ1) is 10.2. The molecule has 0 aliphatic carbocycles. The van der Waals surface area contributed by atoms with Crippen LogP contribution in [0.2, 0.25) is 0 Å². The Kier molecular flexibility index (Phi) is 4.18. The van der Waals surface area contributed by atoms with E-state index in [9.17, 15) is 5.11 Å². The minimum Gasteiger partial charge on any atom is -0.493 e. The number of aliphatic hydroxyl groups is 1. The second kappa shape index (κ2) is 5.93. The highest BCUT2D eigenvalue weighted by atomic mass is 32.2. The SMILES string of the molecule is CCC(O)/C=C\C12CCSCc3ccc(OC)c(c31)OC2. The van der Waals surface area contributed by atoms with Crippen LogP contribution in [0.3, 0.4) is 0 Å². The first kappa shape index (κ1) is 14.8. The summed E-state index contributed by atoms with van der Waals surface area (Å²) in [5, 5.41) is 9.88. The van der Waals surface area contributed by atoms with Gasteiger partial charge in [-0.25, -0.2) is 0 Å². The fourth-order valence-electron chi connectivity index (χ4n) is 3.13. The highest BCUT2D eigenvalue weighted by Crippen LogP contribution is 2.51. The van der Waals surface area contributed by atoms with Crippen LogP contribution in [0, 0.1) is 0 Å². The van der Waals surface area contributed by atoms with Crippen LogP contribution in [0.1, 0.15) is 30.9 Å². The van der Waals surface area contributed by atoms with E-state index in [1.165, 1.54) is 11.1 Å². The maximum atomic E-state index is 9.88. The molecule has 3 rings (SSSR count). The van der Waals surface area contributed by atoms with Gasteiger partial charge in [0.2, 0.25) is 0 Å². The topological polar surface area (TPSA) is 38.7 Å². The molecule has 1 aromatic carbocycles. The fourth-order valence-corrected chi connectivity index (χ4v) is 4.24. The molecule has 2 atom stereocenters. The molecule has 0 radical (unpaired) electrons. The molecule has 0 spiro atoms. The lowest BCUT2D eigenvalue weighted by Crippen LogP contribution is -2.27. The Morgan fingerprint density at radius 1 is 1.52 bits per heavy atom. The molecule has 3 nitrogen and oxygen atoms in total. The zero-order chi connectivity index (χ0) is 14.9. The van der Waals surface area contributed by atoms with Gasteiger partial charge in [-0.1, -0.05) is 25.1 Å². The highest BCUT2D eigenvalue weighted by molar-refractivity contribution is 7.98. The van der Waals surface area contributed by atoms with Crippen molar-refractivity contribution in [2.75, 3.05) is 19.5 Å². The van der Waals surface area contributed by atoms with Crippen molar-refractivity contribution in [2.24, 2.45) is 0 Å². The van der Waals surface area contributed by atoms with E-state index in [1.54, 1.807) is 7.11 Å². The second-order valence-electron chi connectivity index (χ2n) is 5.71. The number of rotatable bonds is 4. The van der Waals surface area contributed by atoms with E-state index >= 15 is 0 Å². The van der Waals surface area contributed by atoms with E-state index in [0.29, 0.717) is 6.61 Å². The predicted octanol–water partition coefficient (Wildman–Crippen LogP) is 3.29. The fraction of sp³-hybridized carbons (Fsp3) is 0.529. The summed E-state index contributed by atoms with van der Waals surface area (Å²) < 4.78 is 11.5. The van der Waals surface area contributed by atoms with E-state index in [-0.39, 0.29) is 11.5 Å². The molecule has 0 amide bonds. The lowest BCUT2D eigenvalue weighted by atomic mass is 9.77. The Labute approximate surface area is 130 Å². The molecule has 0 bridgehead atoms. The van der Waals surface area contributed by atoms with Gasteiger partial charge in [-0.3, -0.25) is 0 Å². The summed E-state index contributed by atoms with van der Waals surface area (Å²) in [7, 11) is 1.68. The first-order valence-corrected chi connectivity index (χ1v) is 8.64. The van der Waals surface area contributed by atoms with Crippen LogP contribution < -0.4 is 9.47 Å². The van der Waals surface area contributed by atoms with Crippen molar-refractivity contribution in [1.82, 2.24) is 0 Å². The summed E-state index contributed by atoms with van der Waals surface area (Å²) >= 11 is 1.96. The third-order valence-corrected chi connectivity index (χ3v) is 5.41. The van der Waals surface area contributed by atoms with Gasteiger partial charge in [0, 0.05) is 11.3 Å². The highest BCUT2D eigenvalue weighted by Gasteiger charge is 2.43. The summed E-state index contributed by atoms with van der Waals surface area (Å²) in [5.41, 5.74) is 2.49. The standard InChI is InChI=1S/C17H22O3S/c1-3-13(18)6-7-17-8-9-21-10-12-4-5-14(19-2)16(15(12)17)20-11-17/h4-7,13,18H,3,8-11H2,1-2H3/b7-6-. The van der Waals surface area contributed by atoms with Crippen molar-refractivity contribution in [3.63, 3.8) is 0 Å². The minimum atomic E-state index is -0.381. The number of methoxy groups -OCH3 is 1. The molecular formula is C17H22O3S. The third kappa shape index (κ3) is 2.55. The number of ether oxygens (including phenoxy) is 2. The van der Waals surface area contributed by atoms with Crippen LogP contribution >= 0.6 is 11.8 Å². The summed E-state index contributed by atoms with van der Waals surface area (Å²) in [6.07, 6.45) is 5.49. The van der Waals surface area contributed by atoms with E-state index < -0.39 is 0 Å². The molecule has 2 unspecified atom stereocenters. The molecule has 0 aromatic heterocycles. The second-order valence-corrected chi connectivity index (χ2v) is 6.82. The van der Waals surface area contributed by atoms with Gasteiger partial charge in [0.05, 0.1) is 18.6 Å². The van der Waals surface area contributed by atoms with Gasteiger partial charge < -0.3 is 14.6 Å². The van der Waals surface area contributed by atoms with Gasteiger partial charge in [0.25, 0.3) is 0 Å². The van der Waals surface area contributed by atoms with Gasteiger partial charge in [0.15, 0.2) is 11.5 Å². The van der Waals surface area contributed by atoms with Crippen molar-refractivity contribution in [3.8, 4) is 11.5 Å². The van der Waals surface area contributed by atoms with Gasteiger partial charge in [0.1, 0.15) is 6.61 Å². The third-order valence-electron chi connectivity index (χ3n) is 4.41. The average molecular weight is 306 g/mol. The number of aliphatic hydroxyl groups excluding tert-OH is 1. The van der Waals surface area contributed by atoms with E-state index in [0.717, 1.165) is 35.8 Å². The Balaban J connectivity index is 2.09.